The van der Waals surface area contributed by atoms with Crippen molar-refractivity contribution in [2.75, 3.05) is 19.8 Å². The minimum Gasteiger partial charge on any atom is -0.744 e. The monoisotopic (exact) mass is 703 g/mol. The van der Waals surface area contributed by atoms with E-state index in [1.54, 1.807) is 12.1 Å². The summed E-state index contributed by atoms with van der Waals surface area (Å²) in [6.45, 7) is 7.48. The van der Waals surface area contributed by atoms with Crippen molar-refractivity contribution in [2.45, 2.75) is 179 Å². The van der Waals surface area contributed by atoms with E-state index in [0.29, 0.717) is 13.2 Å². The second-order valence-electron chi connectivity index (χ2n) is 13.8. The molecule has 0 N–H and O–H groups in total. The Morgan fingerprint density at radius 3 is 1.78 bits per heavy atom. The fourth-order valence-electron chi connectivity index (χ4n) is 6.14. The smallest absolute Gasteiger partial charge is 0.168 e. The van der Waals surface area contributed by atoms with Crippen molar-refractivity contribution in [1.29, 1.82) is 0 Å². The summed E-state index contributed by atoms with van der Waals surface area (Å²) >= 11 is 0. The molecule has 0 amide bonds. The molecule has 0 radical (unpaired) electrons. The van der Waals surface area contributed by atoms with Crippen molar-refractivity contribution in [2.24, 2.45) is 0 Å². The Morgan fingerprint density at radius 2 is 1.22 bits per heavy atom. The maximum absolute atomic E-state index is 10.4. The normalized spacial score (nSPS) is 16.1. The summed E-state index contributed by atoms with van der Waals surface area (Å²) in [5, 5.41) is 0. The Bertz CT molecular complexity index is 1130. The highest BCUT2D eigenvalue weighted by Gasteiger charge is 2.25. The molecule has 2 unspecified atom stereocenters. The van der Waals surface area contributed by atoms with Crippen molar-refractivity contribution < 1.29 is 31.7 Å². The van der Waals surface area contributed by atoms with Gasteiger partial charge in [0.2, 0.25) is 0 Å². The molecule has 3 rings (SSSR count). The molecule has 0 bridgehead atoms. The summed E-state index contributed by atoms with van der Waals surface area (Å²) in [6, 6.07) is 12.1. The lowest BCUT2D eigenvalue weighted by molar-refractivity contribution is -0.697. The van der Waals surface area contributed by atoms with E-state index in [9.17, 15) is 13.0 Å². The number of aromatic nitrogens is 1. The highest BCUT2D eigenvalue weighted by molar-refractivity contribution is 7.85. The van der Waals surface area contributed by atoms with Gasteiger partial charge in [-0.15, -0.1) is 0 Å². The Balaban J connectivity index is 0.000000639. The van der Waals surface area contributed by atoms with Crippen LogP contribution < -0.4 is 4.57 Å². The van der Waals surface area contributed by atoms with Crippen LogP contribution in [0.3, 0.4) is 0 Å². The molecule has 0 aliphatic carbocycles. The summed E-state index contributed by atoms with van der Waals surface area (Å²) < 4.78 is 51.2. The molecule has 2 atom stereocenters. The van der Waals surface area contributed by atoms with E-state index in [0.717, 1.165) is 31.6 Å². The van der Waals surface area contributed by atoms with Gasteiger partial charge >= 0.3 is 0 Å². The Kier molecular flexibility index (Phi) is 25.5. The molecule has 1 aromatic carbocycles. The fraction of sp³-hybridized carbons (Fsp3) is 0.732. The molecule has 1 aliphatic rings. The summed E-state index contributed by atoms with van der Waals surface area (Å²) in [7, 11) is -4.27. The van der Waals surface area contributed by atoms with E-state index >= 15 is 0 Å². The maximum Gasteiger partial charge on any atom is 0.168 e. The van der Waals surface area contributed by atoms with Gasteiger partial charge in [-0.1, -0.05) is 140 Å². The third-order valence-corrected chi connectivity index (χ3v) is 10.1. The second-order valence-corrected chi connectivity index (χ2v) is 15.2. The second kappa shape index (κ2) is 28.8. The number of aryl methyl sites for hydroxylation is 2. The third kappa shape index (κ3) is 24.1. The van der Waals surface area contributed by atoms with Crippen LogP contribution >= 0.6 is 0 Å². The summed E-state index contributed by atoms with van der Waals surface area (Å²) in [4.78, 5) is -0.178. The fourth-order valence-corrected chi connectivity index (χ4v) is 6.61. The Morgan fingerprint density at radius 1 is 0.714 bits per heavy atom. The van der Waals surface area contributed by atoms with Gasteiger partial charge in [-0.3, -0.25) is 0 Å². The molecule has 280 valence electrons. The van der Waals surface area contributed by atoms with Crippen LogP contribution in [0.2, 0.25) is 0 Å². The van der Waals surface area contributed by atoms with Crippen molar-refractivity contribution in [3.8, 4) is 0 Å². The predicted molar refractivity (Wildman–Crippen MR) is 198 cm³/mol. The van der Waals surface area contributed by atoms with Crippen LogP contribution in [0.15, 0.2) is 59.8 Å². The first-order valence-corrected chi connectivity index (χ1v) is 21.1. The van der Waals surface area contributed by atoms with Gasteiger partial charge in [0.15, 0.2) is 18.7 Å². The van der Waals surface area contributed by atoms with Crippen LogP contribution in [0.5, 0.6) is 0 Å². The number of nitrogens with zero attached hydrogens (tertiary/aromatic N) is 1. The predicted octanol–water partition coefficient (Wildman–Crippen LogP) is 10.2. The summed E-state index contributed by atoms with van der Waals surface area (Å²) in [6.07, 6.45) is 34.2. The number of rotatable bonds is 28. The topological polar surface area (TPSA) is 88.8 Å². The van der Waals surface area contributed by atoms with Gasteiger partial charge in [0.25, 0.3) is 0 Å². The first-order valence-electron chi connectivity index (χ1n) is 19.7. The zero-order valence-corrected chi connectivity index (χ0v) is 31.9. The van der Waals surface area contributed by atoms with Gasteiger partial charge in [0.05, 0.1) is 18.1 Å². The van der Waals surface area contributed by atoms with Gasteiger partial charge in [-0.25, -0.2) is 13.0 Å². The largest absolute Gasteiger partial charge is 0.744 e. The number of hydrogen-bond donors (Lipinski definition) is 0. The van der Waals surface area contributed by atoms with Crippen molar-refractivity contribution >= 4 is 10.1 Å². The van der Waals surface area contributed by atoms with Gasteiger partial charge in [0.1, 0.15) is 22.8 Å². The minimum absolute atomic E-state index is 0.000350. The van der Waals surface area contributed by atoms with Gasteiger partial charge < -0.3 is 18.8 Å². The molecule has 1 saturated heterocycles. The maximum atomic E-state index is 10.4. The molecule has 1 fully saturated rings. The highest BCUT2D eigenvalue weighted by Crippen LogP contribution is 2.19. The minimum atomic E-state index is -4.27. The van der Waals surface area contributed by atoms with Gasteiger partial charge in [0, 0.05) is 25.2 Å². The lowest BCUT2D eigenvalue weighted by Crippen LogP contribution is -2.32. The van der Waals surface area contributed by atoms with Crippen molar-refractivity contribution in [3.05, 3.63) is 60.4 Å². The number of ether oxygens (including phenoxy) is 3. The molecule has 2 heterocycles. The van der Waals surface area contributed by atoms with Crippen LogP contribution in [0.1, 0.15) is 154 Å². The number of hydrogen-bond acceptors (Lipinski definition) is 6. The average Bonchev–Trinajstić information content (AvgIpc) is 3.55. The molecular formula is C41H69NO6S. The molecule has 7 nitrogen and oxygen atoms in total. The quantitative estimate of drug-likeness (QED) is 0.0498. The van der Waals surface area contributed by atoms with E-state index in [1.165, 1.54) is 141 Å². The van der Waals surface area contributed by atoms with Crippen LogP contribution in [0.25, 0.3) is 0 Å². The summed E-state index contributed by atoms with van der Waals surface area (Å²) in [5.41, 5.74) is 0.928. The van der Waals surface area contributed by atoms with Crippen molar-refractivity contribution in [3.63, 3.8) is 0 Å². The molecule has 0 saturated carbocycles. The molecule has 0 spiro atoms. The Hall–Kier alpha value is -1.84. The lowest BCUT2D eigenvalue weighted by atomic mass is 10.0. The zero-order valence-electron chi connectivity index (χ0n) is 31.0. The van der Waals surface area contributed by atoms with E-state index in [4.69, 9.17) is 14.2 Å². The van der Waals surface area contributed by atoms with Gasteiger partial charge in [-0.05, 0) is 44.7 Å². The summed E-state index contributed by atoms with van der Waals surface area (Å²) in [5.74, 6) is 0. The van der Waals surface area contributed by atoms with Crippen LogP contribution in [0.4, 0.5) is 0 Å². The van der Waals surface area contributed by atoms with Crippen LogP contribution in [-0.4, -0.2) is 45.2 Å². The zero-order chi connectivity index (χ0) is 35.3. The number of unbranched alkanes of at least 4 members (excludes halogenated alkanes) is 19. The molecule has 8 heteroatoms. The van der Waals surface area contributed by atoms with E-state index < -0.39 is 10.1 Å². The molecule has 2 aromatic rings. The molecule has 49 heavy (non-hydrogen) atoms. The molecule has 1 aliphatic heterocycles. The third-order valence-electron chi connectivity index (χ3n) is 9.20. The number of benzene rings is 1. The lowest BCUT2D eigenvalue weighted by Gasteiger charge is -2.12. The molecular weight excluding hydrogens is 635 g/mol. The van der Waals surface area contributed by atoms with Gasteiger partial charge in [-0.2, -0.15) is 0 Å². The van der Waals surface area contributed by atoms with E-state index in [2.05, 4.69) is 42.1 Å². The van der Waals surface area contributed by atoms with E-state index in [-0.39, 0.29) is 17.3 Å². The highest BCUT2D eigenvalue weighted by atomic mass is 32.2. The SMILES string of the molecule is CCCCCCCCCCCCCCCCCC1OCC(COCCCCCCCC[n+]2ccccc2)O1.Cc1ccc(S(=O)(=O)[O-])cc1. The molecule has 1 aromatic heterocycles. The van der Waals surface area contributed by atoms with Crippen LogP contribution in [0, 0.1) is 6.92 Å². The first kappa shape index (κ1) is 43.3. The Labute approximate surface area is 300 Å². The first-order chi connectivity index (χ1) is 23.9. The van der Waals surface area contributed by atoms with Crippen LogP contribution in [-0.2, 0) is 30.9 Å². The average molecular weight is 704 g/mol. The standard InChI is InChI=1S/C34H62NO3.C7H8O3S/c1-2-3-4-5-6-7-8-9-10-11-12-13-14-17-21-26-34-37-32-33(38-34)31-36-30-25-19-16-15-18-22-27-35-28-23-20-24-29-35;1-6-2-4-7(5-3-6)11(8,9)10/h20,23-24,28-29,33-34H,2-19,21-22,25-27,30-32H2,1H3;2-5H,1H3,(H,8,9,10)/q+1;/p-1. The number of pyridine rings is 1. The van der Waals surface area contributed by atoms with E-state index in [1.807, 2.05) is 6.92 Å². The van der Waals surface area contributed by atoms with Crippen molar-refractivity contribution in [1.82, 2.24) is 0 Å².